The summed E-state index contributed by atoms with van der Waals surface area (Å²) in [5, 5.41) is 3.41. The molecule has 0 radical (unpaired) electrons. The first-order chi connectivity index (χ1) is 14.8. The first-order valence-electron chi connectivity index (χ1n) is 9.21. The van der Waals surface area contributed by atoms with Gasteiger partial charge in [0.05, 0.1) is 16.1 Å². The van der Waals surface area contributed by atoms with Crippen LogP contribution in [0.3, 0.4) is 0 Å². The van der Waals surface area contributed by atoms with E-state index in [9.17, 15) is 16.8 Å². The summed E-state index contributed by atoms with van der Waals surface area (Å²) in [7, 11) is -8.77. The molecule has 3 rings (SSSR count). The van der Waals surface area contributed by atoms with Crippen LogP contribution in [0.25, 0.3) is 10.4 Å². The normalized spacial score (nSPS) is 11.9. The van der Waals surface area contributed by atoms with E-state index in [4.69, 9.17) is 5.53 Å². The summed E-state index contributed by atoms with van der Waals surface area (Å²) >= 11 is 0. The van der Waals surface area contributed by atoms with Crippen LogP contribution in [0.15, 0.2) is 82.2 Å². The Morgan fingerprint density at radius 3 is 2.39 bits per heavy atom. The number of hydrogen-bond acceptors (Lipinski definition) is 6. The largest absolute Gasteiger partial charge is 0.337 e. The van der Waals surface area contributed by atoms with Crippen molar-refractivity contribution in [3.05, 3.63) is 83.3 Å². The number of rotatable bonds is 9. The number of imidazole rings is 1. The van der Waals surface area contributed by atoms with Gasteiger partial charge in [0.25, 0.3) is 20.0 Å². The number of aryl methyl sites for hydroxylation is 2. The number of benzene rings is 2. The van der Waals surface area contributed by atoms with Crippen molar-refractivity contribution in [3.63, 3.8) is 0 Å². The van der Waals surface area contributed by atoms with Crippen molar-refractivity contribution in [3.8, 4) is 0 Å². The van der Waals surface area contributed by atoms with Gasteiger partial charge in [0.1, 0.15) is 0 Å². The van der Waals surface area contributed by atoms with Gasteiger partial charge in [-0.15, -0.1) is 0 Å². The smallest absolute Gasteiger partial charge is 0.256 e. The summed E-state index contributed by atoms with van der Waals surface area (Å²) in [4.78, 5) is 6.28. The zero-order chi connectivity index (χ0) is 22.5. The van der Waals surface area contributed by atoms with E-state index < -0.39 is 20.0 Å². The monoisotopic (exact) mass is 460 g/mol. The van der Waals surface area contributed by atoms with Gasteiger partial charge in [-0.1, -0.05) is 39.2 Å². The van der Waals surface area contributed by atoms with Crippen LogP contribution in [-0.2, 0) is 26.6 Å². The Kier molecular flexibility index (Phi) is 6.76. The van der Waals surface area contributed by atoms with Crippen molar-refractivity contribution in [1.82, 2.24) is 13.3 Å². The van der Waals surface area contributed by atoms with Gasteiger partial charge in [-0.2, -0.15) is 0 Å². The van der Waals surface area contributed by atoms with E-state index in [1.165, 1.54) is 30.3 Å². The van der Waals surface area contributed by atoms with Crippen LogP contribution in [0.2, 0.25) is 0 Å². The Balaban J connectivity index is 2.01. The lowest BCUT2D eigenvalue weighted by atomic mass is 10.2. The van der Waals surface area contributed by atoms with Gasteiger partial charge in [-0.3, -0.25) is 0 Å². The third kappa shape index (κ3) is 4.94. The molecule has 0 atom stereocenters. The van der Waals surface area contributed by atoms with E-state index in [2.05, 4.69) is 15.0 Å². The number of nitrogens with zero attached hydrogens (tertiary/aromatic N) is 6. The molecule has 0 aliphatic rings. The molecule has 2 aromatic carbocycles. The fraction of sp³-hybridized carbons (Fsp3) is 0.211. The Morgan fingerprint density at radius 1 is 1.06 bits per heavy atom. The first kappa shape index (κ1) is 22.5. The van der Waals surface area contributed by atoms with Crippen molar-refractivity contribution in [2.75, 3.05) is 6.54 Å². The predicted molar refractivity (Wildman–Crippen MR) is 114 cm³/mol. The van der Waals surface area contributed by atoms with E-state index in [-0.39, 0.29) is 28.4 Å². The minimum absolute atomic E-state index is 0.0769. The van der Waals surface area contributed by atoms with E-state index in [0.717, 1.165) is 0 Å². The van der Waals surface area contributed by atoms with Gasteiger partial charge >= 0.3 is 0 Å². The Labute approximate surface area is 180 Å². The predicted octanol–water partition coefficient (Wildman–Crippen LogP) is 3.60. The average molecular weight is 461 g/mol. The lowest BCUT2D eigenvalue weighted by Gasteiger charge is -2.23. The quantitative estimate of drug-likeness (QED) is 0.273. The van der Waals surface area contributed by atoms with Crippen LogP contribution < -0.4 is 0 Å². The molecule has 0 aliphatic heterocycles. The second-order valence-electron chi connectivity index (χ2n) is 6.61. The molecule has 0 aliphatic carbocycles. The maximum absolute atomic E-state index is 13.4. The molecule has 0 saturated heterocycles. The van der Waals surface area contributed by atoms with Gasteiger partial charge in [0.15, 0.2) is 0 Å². The van der Waals surface area contributed by atoms with Gasteiger partial charge in [-0.25, -0.2) is 21.8 Å². The molecule has 0 bridgehead atoms. The first-order valence-corrected chi connectivity index (χ1v) is 12.1. The lowest BCUT2D eigenvalue weighted by Crippen LogP contribution is -2.38. The lowest BCUT2D eigenvalue weighted by molar-refractivity contribution is 0.477. The highest BCUT2D eigenvalue weighted by Gasteiger charge is 2.36. The summed E-state index contributed by atoms with van der Waals surface area (Å²) in [6.45, 7) is 1.75. The van der Waals surface area contributed by atoms with E-state index in [0.29, 0.717) is 15.8 Å². The molecule has 10 nitrogen and oxygen atoms in total. The van der Waals surface area contributed by atoms with Crippen molar-refractivity contribution in [2.45, 2.75) is 29.7 Å². The maximum atomic E-state index is 13.4. The zero-order valence-corrected chi connectivity index (χ0v) is 18.2. The van der Waals surface area contributed by atoms with Crippen molar-refractivity contribution >= 4 is 25.7 Å². The SMILES string of the molecule is Cc1ccccc1S(=O)(=O)N(CCCn1ccnc1)S(=O)(=O)c1ccc(N=[N+]=[N-])cc1. The molecule has 0 amide bonds. The van der Waals surface area contributed by atoms with E-state index in [1.807, 2.05) is 0 Å². The molecule has 1 heterocycles. The summed E-state index contributed by atoms with van der Waals surface area (Å²) in [5.41, 5.74) is 9.18. The number of aromatic nitrogens is 2. The highest BCUT2D eigenvalue weighted by atomic mass is 32.3. The highest BCUT2D eigenvalue weighted by Crippen LogP contribution is 2.27. The van der Waals surface area contributed by atoms with Crippen LogP contribution in [0, 0.1) is 6.92 Å². The van der Waals surface area contributed by atoms with Crippen LogP contribution in [0.1, 0.15) is 12.0 Å². The molecular weight excluding hydrogens is 440 g/mol. The average Bonchev–Trinajstić information content (AvgIpc) is 3.25. The highest BCUT2D eigenvalue weighted by molar-refractivity contribution is 8.04. The minimum atomic E-state index is -4.41. The van der Waals surface area contributed by atoms with Crippen LogP contribution >= 0.6 is 0 Å². The fourth-order valence-electron chi connectivity index (χ4n) is 2.98. The summed E-state index contributed by atoms with van der Waals surface area (Å²) in [6.07, 6.45) is 5.12. The topological polar surface area (TPSA) is 138 Å². The Bertz CT molecular complexity index is 1300. The van der Waals surface area contributed by atoms with E-state index in [1.54, 1.807) is 48.4 Å². The van der Waals surface area contributed by atoms with Gasteiger partial charge < -0.3 is 4.57 Å². The summed E-state index contributed by atoms with van der Waals surface area (Å²) in [6, 6.07) is 11.3. The van der Waals surface area contributed by atoms with Crippen molar-refractivity contribution < 1.29 is 16.8 Å². The zero-order valence-electron chi connectivity index (χ0n) is 16.6. The van der Waals surface area contributed by atoms with Crippen molar-refractivity contribution in [1.29, 1.82) is 0 Å². The number of azide groups is 1. The molecular formula is C19H20N6O4S2. The van der Waals surface area contributed by atoms with Crippen LogP contribution in [-0.4, -0.2) is 36.6 Å². The molecule has 0 saturated carbocycles. The molecule has 0 unspecified atom stereocenters. The number of hydrogen-bond donors (Lipinski definition) is 0. The van der Waals surface area contributed by atoms with Crippen molar-refractivity contribution in [2.24, 2.45) is 5.11 Å². The summed E-state index contributed by atoms with van der Waals surface area (Å²) in [5.74, 6) is 0. The summed E-state index contributed by atoms with van der Waals surface area (Å²) < 4.78 is 55.8. The molecule has 1 aromatic heterocycles. The molecule has 0 N–H and O–H groups in total. The third-order valence-electron chi connectivity index (χ3n) is 4.52. The Morgan fingerprint density at radius 2 is 1.77 bits per heavy atom. The van der Waals surface area contributed by atoms with Crippen LogP contribution in [0.5, 0.6) is 0 Å². The fourth-order valence-corrected chi connectivity index (χ4v) is 6.91. The van der Waals surface area contributed by atoms with Gasteiger partial charge in [-0.05, 0) is 42.6 Å². The standard InChI is InChI=1S/C19H20N6O4S2/c1-16-5-2-3-6-19(16)31(28,29)25(13-4-12-24-14-11-21-15-24)30(26,27)18-9-7-17(8-10-18)22-23-20/h2-3,5-11,14-15H,4,12-13H2,1H3. The molecule has 12 heteroatoms. The molecule has 0 fully saturated rings. The Hall–Kier alpha value is -3.18. The second kappa shape index (κ2) is 9.31. The molecule has 31 heavy (non-hydrogen) atoms. The van der Waals surface area contributed by atoms with Gasteiger partial charge in [0.2, 0.25) is 0 Å². The molecule has 3 aromatic rings. The van der Waals surface area contributed by atoms with Gasteiger partial charge in [0, 0.05) is 36.1 Å². The minimum Gasteiger partial charge on any atom is -0.337 e. The number of sulfonamides is 2. The maximum Gasteiger partial charge on any atom is 0.256 e. The molecule has 0 spiro atoms. The van der Waals surface area contributed by atoms with E-state index >= 15 is 0 Å². The third-order valence-corrected chi connectivity index (χ3v) is 9.02. The second-order valence-corrected chi connectivity index (χ2v) is 10.5. The molecule has 162 valence electrons. The van der Waals surface area contributed by atoms with Crippen LogP contribution in [0.4, 0.5) is 5.69 Å².